The van der Waals surface area contributed by atoms with Crippen molar-refractivity contribution in [3.05, 3.63) is 63.3 Å². The SMILES string of the molecule is Cc1nc(N[C@H](C)c2cccc(C(F)(F)C(C)(C)O)c2F)c2cn(C3(C(F)F)CC3)c(=O)c(F)c2n1. The van der Waals surface area contributed by atoms with Gasteiger partial charge in [0.2, 0.25) is 5.82 Å². The van der Waals surface area contributed by atoms with Gasteiger partial charge in [-0.3, -0.25) is 4.79 Å². The minimum absolute atomic E-state index is 0.0190. The molecule has 0 unspecified atom stereocenters. The molecule has 0 saturated heterocycles. The predicted octanol–water partition coefficient (Wildman–Crippen LogP) is 5.17. The highest BCUT2D eigenvalue weighted by atomic mass is 19.3. The summed E-state index contributed by atoms with van der Waals surface area (Å²) in [5.74, 6) is -6.58. The van der Waals surface area contributed by atoms with E-state index in [0.29, 0.717) is 4.57 Å². The summed E-state index contributed by atoms with van der Waals surface area (Å²) in [5.41, 5.74) is -7.26. The van der Waals surface area contributed by atoms with Crippen molar-refractivity contribution in [3.63, 3.8) is 0 Å². The number of benzene rings is 1. The molecule has 36 heavy (non-hydrogen) atoms. The number of aliphatic hydroxyl groups is 1. The van der Waals surface area contributed by atoms with Crippen LogP contribution in [0.4, 0.5) is 32.2 Å². The number of aromatic nitrogens is 3. The van der Waals surface area contributed by atoms with Crippen LogP contribution in [0.5, 0.6) is 0 Å². The summed E-state index contributed by atoms with van der Waals surface area (Å²) >= 11 is 0. The van der Waals surface area contributed by atoms with E-state index in [2.05, 4.69) is 15.3 Å². The lowest BCUT2D eigenvalue weighted by molar-refractivity contribution is -0.170. The van der Waals surface area contributed by atoms with E-state index in [1.165, 1.54) is 26.0 Å². The summed E-state index contributed by atoms with van der Waals surface area (Å²) in [6.45, 7) is 4.56. The van der Waals surface area contributed by atoms with E-state index in [0.717, 1.165) is 26.1 Å². The van der Waals surface area contributed by atoms with Crippen LogP contribution in [0.1, 0.15) is 56.6 Å². The zero-order valence-corrected chi connectivity index (χ0v) is 19.8. The second-order valence-corrected chi connectivity index (χ2v) is 9.61. The van der Waals surface area contributed by atoms with Gasteiger partial charge in [0.25, 0.3) is 12.0 Å². The van der Waals surface area contributed by atoms with Crippen molar-refractivity contribution in [2.24, 2.45) is 0 Å². The van der Waals surface area contributed by atoms with Crippen LogP contribution in [0.3, 0.4) is 0 Å². The fourth-order valence-electron chi connectivity index (χ4n) is 4.14. The monoisotopic (exact) mass is 514 g/mol. The van der Waals surface area contributed by atoms with E-state index < -0.39 is 57.8 Å². The molecule has 1 aliphatic carbocycles. The Hall–Kier alpha value is -3.15. The standard InChI is InChI=1S/C24H24F6N4O2/c1-11(13-6-5-7-15(16(13)25)24(29,30)22(3,4)36)31-19-14-10-34(23(8-9-23)21(27)28)20(35)17(26)18(14)32-12(2)33-19/h5-7,10-11,21,36H,8-9H2,1-4H3,(H,31,32,33)/t11-/m1/s1. The molecule has 2 aromatic heterocycles. The third-order valence-electron chi connectivity index (χ3n) is 6.53. The largest absolute Gasteiger partial charge is 0.384 e. The second kappa shape index (κ2) is 8.46. The molecule has 0 aliphatic heterocycles. The molecule has 2 N–H and O–H groups in total. The van der Waals surface area contributed by atoms with Gasteiger partial charge in [0.1, 0.15) is 34.1 Å². The Morgan fingerprint density at radius 2 is 1.78 bits per heavy atom. The van der Waals surface area contributed by atoms with Crippen LogP contribution < -0.4 is 10.9 Å². The first-order valence-electron chi connectivity index (χ1n) is 11.2. The predicted molar refractivity (Wildman–Crippen MR) is 120 cm³/mol. The Morgan fingerprint density at radius 3 is 2.33 bits per heavy atom. The molecule has 194 valence electrons. The van der Waals surface area contributed by atoms with Gasteiger partial charge < -0.3 is 15.0 Å². The fraction of sp³-hybridized carbons (Fsp3) is 0.458. The Balaban J connectivity index is 1.82. The van der Waals surface area contributed by atoms with E-state index in [-0.39, 0.29) is 35.4 Å². The molecule has 6 nitrogen and oxygen atoms in total. The molecule has 4 rings (SSSR count). The lowest BCUT2D eigenvalue weighted by Crippen LogP contribution is -2.41. The van der Waals surface area contributed by atoms with Crippen LogP contribution in [0.2, 0.25) is 0 Å². The van der Waals surface area contributed by atoms with Crippen LogP contribution in [0, 0.1) is 18.6 Å². The summed E-state index contributed by atoms with van der Waals surface area (Å²) in [6.07, 6.45) is -1.91. The highest BCUT2D eigenvalue weighted by Crippen LogP contribution is 2.48. The van der Waals surface area contributed by atoms with Crippen LogP contribution >= 0.6 is 0 Å². The number of pyridine rings is 1. The third kappa shape index (κ3) is 4.00. The molecule has 1 saturated carbocycles. The average Bonchev–Trinajstić information content (AvgIpc) is 3.57. The number of alkyl halides is 4. The van der Waals surface area contributed by atoms with Gasteiger partial charge in [0, 0.05) is 11.8 Å². The molecule has 1 fully saturated rings. The molecule has 3 aromatic rings. The van der Waals surface area contributed by atoms with Gasteiger partial charge in [-0.25, -0.2) is 23.1 Å². The van der Waals surface area contributed by atoms with Crippen molar-refractivity contribution in [2.75, 3.05) is 5.32 Å². The van der Waals surface area contributed by atoms with Crippen LogP contribution in [-0.2, 0) is 11.5 Å². The Kier molecular flexibility index (Phi) is 6.09. The maximum Gasteiger partial charge on any atom is 0.303 e. The molecule has 0 spiro atoms. The molecule has 1 aliphatic rings. The molecular weight excluding hydrogens is 490 g/mol. The first-order chi connectivity index (χ1) is 16.6. The first-order valence-corrected chi connectivity index (χ1v) is 11.2. The number of hydrogen-bond acceptors (Lipinski definition) is 5. The van der Waals surface area contributed by atoms with E-state index >= 15 is 4.39 Å². The van der Waals surface area contributed by atoms with Gasteiger partial charge in [0.05, 0.1) is 17.0 Å². The van der Waals surface area contributed by atoms with Gasteiger partial charge in [-0.05, 0) is 46.6 Å². The summed E-state index contributed by atoms with van der Waals surface area (Å²) in [5, 5.41) is 12.6. The zero-order valence-electron chi connectivity index (χ0n) is 19.8. The highest BCUT2D eigenvalue weighted by Gasteiger charge is 2.54. The highest BCUT2D eigenvalue weighted by molar-refractivity contribution is 5.89. The maximum absolute atomic E-state index is 15.2. The van der Waals surface area contributed by atoms with E-state index in [1.807, 2.05) is 0 Å². The summed E-state index contributed by atoms with van der Waals surface area (Å²) in [4.78, 5) is 20.6. The summed E-state index contributed by atoms with van der Waals surface area (Å²) in [7, 11) is 0. The minimum Gasteiger partial charge on any atom is -0.384 e. The van der Waals surface area contributed by atoms with Crippen LogP contribution in [-0.4, -0.2) is 31.7 Å². The van der Waals surface area contributed by atoms with Gasteiger partial charge in [-0.15, -0.1) is 0 Å². The van der Waals surface area contributed by atoms with Gasteiger partial charge in [0.15, 0.2) is 0 Å². The zero-order chi connectivity index (χ0) is 26.8. The Labute approximate surface area is 202 Å². The minimum atomic E-state index is -3.92. The van der Waals surface area contributed by atoms with Crippen molar-refractivity contribution < 1.29 is 31.4 Å². The molecule has 0 radical (unpaired) electrons. The van der Waals surface area contributed by atoms with Crippen molar-refractivity contribution in [1.29, 1.82) is 0 Å². The number of fused-ring (bicyclic) bond motifs is 1. The van der Waals surface area contributed by atoms with Crippen molar-refractivity contribution in [2.45, 2.75) is 70.1 Å². The molecule has 0 bridgehead atoms. The topological polar surface area (TPSA) is 80.0 Å². The number of anilines is 1. The number of rotatable bonds is 7. The number of hydrogen-bond donors (Lipinski definition) is 2. The summed E-state index contributed by atoms with van der Waals surface area (Å²) < 4.78 is 87.6. The molecule has 1 atom stereocenters. The molecule has 1 aromatic carbocycles. The molecule has 12 heteroatoms. The van der Waals surface area contributed by atoms with Crippen molar-refractivity contribution >= 4 is 16.7 Å². The third-order valence-corrected chi connectivity index (χ3v) is 6.53. The quantitative estimate of drug-likeness (QED) is 0.426. The number of nitrogens with zero attached hydrogens (tertiary/aromatic N) is 3. The fourth-order valence-corrected chi connectivity index (χ4v) is 4.14. The molecule has 2 heterocycles. The second-order valence-electron chi connectivity index (χ2n) is 9.61. The van der Waals surface area contributed by atoms with Gasteiger partial charge >= 0.3 is 5.92 Å². The molecule has 0 amide bonds. The van der Waals surface area contributed by atoms with Crippen LogP contribution in [0.25, 0.3) is 10.9 Å². The lowest BCUT2D eigenvalue weighted by Gasteiger charge is -2.30. The van der Waals surface area contributed by atoms with E-state index in [9.17, 15) is 31.9 Å². The Morgan fingerprint density at radius 1 is 1.14 bits per heavy atom. The van der Waals surface area contributed by atoms with Gasteiger partial charge in [-0.1, -0.05) is 12.1 Å². The van der Waals surface area contributed by atoms with Crippen molar-refractivity contribution in [3.8, 4) is 0 Å². The van der Waals surface area contributed by atoms with E-state index in [4.69, 9.17) is 0 Å². The first kappa shape index (κ1) is 25.9. The summed E-state index contributed by atoms with van der Waals surface area (Å²) in [6, 6.07) is 2.29. The molecular formula is C24H24F6N4O2. The lowest BCUT2D eigenvalue weighted by atomic mass is 9.91. The number of halogens is 6. The number of nitrogens with one attached hydrogen (secondary N) is 1. The van der Waals surface area contributed by atoms with Crippen LogP contribution in [0.15, 0.2) is 29.2 Å². The van der Waals surface area contributed by atoms with E-state index in [1.54, 1.807) is 0 Å². The van der Waals surface area contributed by atoms with Crippen molar-refractivity contribution in [1.82, 2.24) is 14.5 Å². The number of aryl methyl sites for hydroxylation is 1. The Bertz CT molecular complexity index is 1400. The average molecular weight is 514 g/mol. The maximum atomic E-state index is 15.2. The normalized spacial score (nSPS) is 16.4. The smallest absolute Gasteiger partial charge is 0.303 e. The van der Waals surface area contributed by atoms with Gasteiger partial charge in [-0.2, -0.15) is 13.2 Å².